The fourth-order valence-corrected chi connectivity index (χ4v) is 2.11. The molecule has 1 heterocycles. The first-order valence-electron chi connectivity index (χ1n) is 6.19. The first kappa shape index (κ1) is 13.5. The van der Waals surface area contributed by atoms with Gasteiger partial charge in [0.2, 0.25) is 0 Å². The highest BCUT2D eigenvalue weighted by atomic mass is 19.4. The van der Waals surface area contributed by atoms with Crippen LogP contribution in [-0.4, -0.2) is 5.91 Å². The van der Waals surface area contributed by atoms with Gasteiger partial charge in [-0.3, -0.25) is 4.79 Å². The molecule has 0 bridgehead atoms. The van der Waals surface area contributed by atoms with E-state index in [4.69, 9.17) is 4.74 Å². The molecule has 0 aliphatic carbocycles. The molecule has 1 aliphatic heterocycles. The summed E-state index contributed by atoms with van der Waals surface area (Å²) in [6.45, 7) is 0. The quantitative estimate of drug-likeness (QED) is 0.873. The lowest BCUT2D eigenvalue weighted by Crippen LogP contribution is -2.36. The molecule has 1 atom stereocenters. The van der Waals surface area contributed by atoms with E-state index in [9.17, 15) is 18.0 Å². The van der Waals surface area contributed by atoms with Crippen LogP contribution < -0.4 is 10.1 Å². The maximum absolute atomic E-state index is 12.5. The summed E-state index contributed by atoms with van der Waals surface area (Å²) in [5.41, 5.74) is 0.111. The van der Waals surface area contributed by atoms with E-state index in [2.05, 4.69) is 5.32 Å². The van der Waals surface area contributed by atoms with Gasteiger partial charge in [-0.2, -0.15) is 13.2 Å². The summed E-state index contributed by atoms with van der Waals surface area (Å²) in [6.07, 6.45) is -5.18. The SMILES string of the molecule is O=C1N[C@H](c2ccc(C(F)(F)F)cc2)Oc2ccccc21. The van der Waals surface area contributed by atoms with Gasteiger partial charge in [-0.05, 0) is 24.3 Å². The standard InChI is InChI=1S/C15H10F3NO2/c16-15(17,18)10-7-5-9(6-8-10)14-19-13(20)11-3-1-2-4-12(11)21-14/h1-8,14H,(H,19,20)/t14-/m0/s1. The largest absolute Gasteiger partial charge is 0.466 e. The van der Waals surface area contributed by atoms with Gasteiger partial charge < -0.3 is 10.1 Å². The van der Waals surface area contributed by atoms with Crippen molar-refractivity contribution in [1.82, 2.24) is 5.32 Å². The molecule has 0 saturated heterocycles. The van der Waals surface area contributed by atoms with E-state index in [1.807, 2.05) is 0 Å². The molecule has 0 spiro atoms. The van der Waals surface area contributed by atoms with Crippen LogP contribution in [0.2, 0.25) is 0 Å². The van der Waals surface area contributed by atoms with Gasteiger partial charge in [-0.15, -0.1) is 0 Å². The lowest BCUT2D eigenvalue weighted by Gasteiger charge is -2.27. The molecule has 1 aliphatic rings. The maximum atomic E-state index is 12.5. The molecule has 0 fully saturated rings. The van der Waals surface area contributed by atoms with Crippen LogP contribution in [0, 0.1) is 0 Å². The number of hydrogen-bond donors (Lipinski definition) is 1. The van der Waals surface area contributed by atoms with Crippen LogP contribution >= 0.6 is 0 Å². The molecule has 108 valence electrons. The first-order valence-corrected chi connectivity index (χ1v) is 6.19. The van der Waals surface area contributed by atoms with E-state index < -0.39 is 18.0 Å². The van der Waals surface area contributed by atoms with Crippen LogP contribution in [0.1, 0.15) is 27.7 Å². The number of carbonyl (C=O) groups is 1. The third-order valence-electron chi connectivity index (χ3n) is 3.18. The zero-order valence-corrected chi connectivity index (χ0v) is 10.6. The summed E-state index contributed by atoms with van der Waals surface area (Å²) in [5, 5.41) is 2.60. The Kier molecular flexibility index (Phi) is 3.08. The van der Waals surface area contributed by atoms with Gasteiger partial charge in [-0.1, -0.05) is 24.3 Å². The van der Waals surface area contributed by atoms with Gasteiger partial charge in [0.1, 0.15) is 5.75 Å². The number of ether oxygens (including phenoxy) is 1. The van der Waals surface area contributed by atoms with Crippen molar-refractivity contribution in [3.05, 3.63) is 65.2 Å². The van der Waals surface area contributed by atoms with Crippen molar-refractivity contribution in [1.29, 1.82) is 0 Å². The van der Waals surface area contributed by atoms with E-state index in [0.717, 1.165) is 12.1 Å². The molecule has 0 radical (unpaired) electrons. The van der Waals surface area contributed by atoms with Crippen molar-refractivity contribution in [2.45, 2.75) is 12.4 Å². The zero-order valence-electron chi connectivity index (χ0n) is 10.6. The minimum absolute atomic E-state index is 0.318. The highest BCUT2D eigenvalue weighted by molar-refractivity contribution is 5.97. The van der Waals surface area contributed by atoms with E-state index in [-0.39, 0.29) is 5.91 Å². The van der Waals surface area contributed by atoms with Crippen LogP contribution in [0.3, 0.4) is 0 Å². The molecule has 1 N–H and O–H groups in total. The summed E-state index contributed by atoms with van der Waals surface area (Å²) >= 11 is 0. The van der Waals surface area contributed by atoms with Crippen molar-refractivity contribution in [3.8, 4) is 5.75 Å². The van der Waals surface area contributed by atoms with Gasteiger partial charge in [0.25, 0.3) is 5.91 Å². The Morgan fingerprint density at radius 1 is 1.00 bits per heavy atom. The number of fused-ring (bicyclic) bond motifs is 1. The van der Waals surface area contributed by atoms with Crippen LogP contribution in [0.15, 0.2) is 48.5 Å². The second-order valence-corrected chi connectivity index (χ2v) is 4.59. The van der Waals surface area contributed by atoms with E-state index in [0.29, 0.717) is 16.9 Å². The Morgan fingerprint density at radius 2 is 1.67 bits per heavy atom. The first-order chi connectivity index (χ1) is 9.95. The molecular formula is C15H10F3NO2. The van der Waals surface area contributed by atoms with Gasteiger partial charge >= 0.3 is 6.18 Å². The summed E-state index contributed by atoms with van der Waals surface area (Å²) in [7, 11) is 0. The number of nitrogens with one attached hydrogen (secondary N) is 1. The number of halogens is 3. The molecule has 6 heteroatoms. The normalized spacial score (nSPS) is 17.7. The third kappa shape index (κ3) is 2.56. The number of alkyl halides is 3. The zero-order chi connectivity index (χ0) is 15.0. The molecular weight excluding hydrogens is 283 g/mol. The minimum atomic E-state index is -4.39. The predicted octanol–water partition coefficient (Wildman–Crippen LogP) is 3.53. The van der Waals surface area contributed by atoms with Crippen LogP contribution in [0.4, 0.5) is 13.2 Å². The van der Waals surface area contributed by atoms with E-state index >= 15 is 0 Å². The molecule has 1 amide bonds. The Hall–Kier alpha value is -2.50. The maximum Gasteiger partial charge on any atom is 0.416 e. The number of para-hydroxylation sites is 1. The molecule has 2 aromatic carbocycles. The smallest absolute Gasteiger partial charge is 0.416 e. The molecule has 3 rings (SSSR count). The number of amides is 1. The number of benzene rings is 2. The van der Waals surface area contributed by atoms with Crippen molar-refractivity contribution >= 4 is 5.91 Å². The molecule has 0 saturated carbocycles. The van der Waals surface area contributed by atoms with Crippen molar-refractivity contribution in [3.63, 3.8) is 0 Å². The Bertz CT molecular complexity index is 680. The molecule has 0 unspecified atom stereocenters. The lowest BCUT2D eigenvalue weighted by atomic mass is 10.1. The molecule has 21 heavy (non-hydrogen) atoms. The topological polar surface area (TPSA) is 38.3 Å². The fraction of sp³-hybridized carbons (Fsp3) is 0.133. The Morgan fingerprint density at radius 3 is 2.33 bits per heavy atom. The Balaban J connectivity index is 1.88. The molecule has 3 nitrogen and oxygen atoms in total. The fourth-order valence-electron chi connectivity index (χ4n) is 2.11. The van der Waals surface area contributed by atoms with E-state index in [1.54, 1.807) is 24.3 Å². The van der Waals surface area contributed by atoms with Crippen molar-refractivity contribution in [2.24, 2.45) is 0 Å². The molecule has 2 aromatic rings. The highest BCUT2D eigenvalue weighted by Crippen LogP contribution is 2.32. The lowest BCUT2D eigenvalue weighted by molar-refractivity contribution is -0.137. The van der Waals surface area contributed by atoms with Crippen molar-refractivity contribution < 1.29 is 22.7 Å². The molecule has 0 aromatic heterocycles. The van der Waals surface area contributed by atoms with Crippen LogP contribution in [-0.2, 0) is 6.18 Å². The highest BCUT2D eigenvalue weighted by Gasteiger charge is 2.31. The van der Waals surface area contributed by atoms with Gasteiger partial charge in [0, 0.05) is 5.56 Å². The van der Waals surface area contributed by atoms with Crippen molar-refractivity contribution in [2.75, 3.05) is 0 Å². The summed E-state index contributed by atoms with van der Waals surface area (Å²) in [4.78, 5) is 11.9. The van der Waals surface area contributed by atoms with Gasteiger partial charge in [0.05, 0.1) is 11.1 Å². The second kappa shape index (κ2) is 4.80. The number of rotatable bonds is 1. The Labute approximate surface area is 118 Å². The average molecular weight is 293 g/mol. The monoisotopic (exact) mass is 293 g/mol. The predicted molar refractivity (Wildman–Crippen MR) is 68.7 cm³/mol. The van der Waals surface area contributed by atoms with Crippen LogP contribution in [0.5, 0.6) is 5.75 Å². The summed E-state index contributed by atoms with van der Waals surface area (Å²) in [6, 6.07) is 11.2. The number of hydrogen-bond acceptors (Lipinski definition) is 2. The number of carbonyl (C=O) groups excluding carboxylic acids is 1. The van der Waals surface area contributed by atoms with Gasteiger partial charge in [0.15, 0.2) is 6.23 Å². The summed E-state index contributed by atoms with van der Waals surface area (Å²) < 4.78 is 43.2. The third-order valence-corrected chi connectivity index (χ3v) is 3.18. The van der Waals surface area contributed by atoms with Crippen LogP contribution in [0.25, 0.3) is 0 Å². The minimum Gasteiger partial charge on any atom is -0.466 e. The average Bonchev–Trinajstić information content (AvgIpc) is 2.46. The van der Waals surface area contributed by atoms with Gasteiger partial charge in [-0.25, -0.2) is 0 Å². The second-order valence-electron chi connectivity index (χ2n) is 4.59. The van der Waals surface area contributed by atoms with E-state index in [1.165, 1.54) is 12.1 Å². The summed E-state index contributed by atoms with van der Waals surface area (Å²) in [5.74, 6) is 0.0906.